The van der Waals surface area contributed by atoms with Crippen LogP contribution in [0.15, 0.2) is 23.0 Å². The number of anilines is 1. The molecule has 0 bridgehead atoms. The van der Waals surface area contributed by atoms with Crippen molar-refractivity contribution < 1.29 is 13.2 Å². The number of alkyl halides is 3. The van der Waals surface area contributed by atoms with E-state index in [0.717, 1.165) is 0 Å². The van der Waals surface area contributed by atoms with Gasteiger partial charge in [-0.15, -0.1) is 0 Å². The van der Waals surface area contributed by atoms with E-state index in [1.54, 1.807) is 25.1 Å². The molecule has 2 rings (SSSR count). The predicted molar refractivity (Wildman–Crippen MR) is 73.3 cm³/mol. The zero-order valence-electron chi connectivity index (χ0n) is 10.9. The average molecular weight is 318 g/mol. The Morgan fingerprint density at radius 1 is 1.38 bits per heavy atom. The molecule has 0 radical (unpaired) electrons. The van der Waals surface area contributed by atoms with Crippen LogP contribution in [0, 0.1) is 6.92 Å². The number of nitrogens with zero attached hydrogens (tertiary/aromatic N) is 1. The van der Waals surface area contributed by atoms with Crippen LogP contribution >= 0.6 is 11.6 Å². The third-order valence-electron chi connectivity index (χ3n) is 2.91. The Morgan fingerprint density at radius 2 is 2.05 bits per heavy atom. The molecular weight excluding hydrogens is 307 g/mol. The molecule has 8 heteroatoms. The van der Waals surface area contributed by atoms with Crippen LogP contribution in [0.5, 0.6) is 0 Å². The number of rotatable bonds is 2. The third-order valence-corrected chi connectivity index (χ3v) is 3.33. The van der Waals surface area contributed by atoms with E-state index >= 15 is 0 Å². The van der Waals surface area contributed by atoms with Gasteiger partial charge in [-0.2, -0.15) is 13.2 Å². The molecule has 3 N–H and O–H groups in total. The fraction of sp³-hybridized carbons (Fsp3) is 0.231. The first-order valence-corrected chi connectivity index (χ1v) is 6.27. The van der Waals surface area contributed by atoms with E-state index < -0.39 is 28.9 Å². The van der Waals surface area contributed by atoms with Crippen LogP contribution in [0.1, 0.15) is 22.4 Å². The highest BCUT2D eigenvalue weighted by atomic mass is 35.5. The van der Waals surface area contributed by atoms with Crippen molar-refractivity contribution in [1.82, 2.24) is 9.97 Å². The molecule has 4 nitrogen and oxygen atoms in total. The SMILES string of the molecule is Cc1cc(Cc2c(C(F)(F)F)nc(N)[nH]c2=O)ccc1Cl. The van der Waals surface area contributed by atoms with Gasteiger partial charge in [0.05, 0.1) is 5.56 Å². The van der Waals surface area contributed by atoms with E-state index in [-0.39, 0.29) is 6.42 Å². The normalized spacial score (nSPS) is 11.7. The first kappa shape index (κ1) is 15.4. The van der Waals surface area contributed by atoms with E-state index in [4.69, 9.17) is 17.3 Å². The summed E-state index contributed by atoms with van der Waals surface area (Å²) in [6.45, 7) is 1.72. The van der Waals surface area contributed by atoms with Crippen LogP contribution in [0.3, 0.4) is 0 Å². The Labute approximate surface area is 122 Å². The molecule has 2 aromatic rings. The number of benzene rings is 1. The smallest absolute Gasteiger partial charge is 0.369 e. The fourth-order valence-corrected chi connectivity index (χ4v) is 2.05. The van der Waals surface area contributed by atoms with E-state index in [0.29, 0.717) is 16.1 Å². The van der Waals surface area contributed by atoms with Gasteiger partial charge in [-0.3, -0.25) is 9.78 Å². The van der Waals surface area contributed by atoms with Gasteiger partial charge in [0, 0.05) is 11.4 Å². The maximum Gasteiger partial charge on any atom is 0.433 e. The molecule has 1 aromatic carbocycles. The van der Waals surface area contributed by atoms with Gasteiger partial charge in [-0.1, -0.05) is 23.7 Å². The monoisotopic (exact) mass is 317 g/mol. The van der Waals surface area contributed by atoms with Crippen LogP contribution in [0.2, 0.25) is 5.02 Å². The minimum absolute atomic E-state index is 0.213. The van der Waals surface area contributed by atoms with Crippen molar-refractivity contribution in [3.05, 3.63) is 56.0 Å². The maximum atomic E-state index is 13.0. The van der Waals surface area contributed by atoms with Crippen LogP contribution in [0.4, 0.5) is 19.1 Å². The summed E-state index contributed by atoms with van der Waals surface area (Å²) in [6.07, 6.45) is -4.96. The number of aromatic nitrogens is 2. The van der Waals surface area contributed by atoms with E-state index in [1.807, 2.05) is 0 Å². The van der Waals surface area contributed by atoms with Gasteiger partial charge in [0.25, 0.3) is 5.56 Å². The highest BCUT2D eigenvalue weighted by Crippen LogP contribution is 2.30. The lowest BCUT2D eigenvalue weighted by Crippen LogP contribution is -2.25. The summed E-state index contributed by atoms with van der Waals surface area (Å²) in [7, 11) is 0. The van der Waals surface area contributed by atoms with Gasteiger partial charge < -0.3 is 5.73 Å². The molecule has 112 valence electrons. The van der Waals surface area contributed by atoms with Crippen LogP contribution < -0.4 is 11.3 Å². The summed E-state index contributed by atoms with van der Waals surface area (Å²) in [6, 6.07) is 4.75. The van der Waals surface area contributed by atoms with Crippen molar-refractivity contribution in [2.75, 3.05) is 5.73 Å². The molecule has 0 aliphatic rings. The Kier molecular flexibility index (Phi) is 3.95. The number of nitrogens with one attached hydrogen (secondary N) is 1. The Morgan fingerprint density at radius 3 is 2.62 bits per heavy atom. The lowest BCUT2D eigenvalue weighted by Gasteiger charge is -2.12. The number of aromatic amines is 1. The number of hydrogen-bond donors (Lipinski definition) is 2. The summed E-state index contributed by atoms with van der Waals surface area (Å²) in [4.78, 5) is 17.1. The lowest BCUT2D eigenvalue weighted by atomic mass is 10.0. The van der Waals surface area contributed by atoms with Crippen molar-refractivity contribution in [3.63, 3.8) is 0 Å². The molecule has 1 aromatic heterocycles. The quantitative estimate of drug-likeness (QED) is 0.894. The highest BCUT2D eigenvalue weighted by Gasteiger charge is 2.37. The lowest BCUT2D eigenvalue weighted by molar-refractivity contribution is -0.141. The zero-order valence-corrected chi connectivity index (χ0v) is 11.6. The molecule has 0 fully saturated rings. The van der Waals surface area contributed by atoms with Gasteiger partial charge in [0.1, 0.15) is 0 Å². The molecule has 21 heavy (non-hydrogen) atoms. The number of aryl methyl sites for hydroxylation is 1. The Bertz CT molecular complexity index is 740. The molecule has 1 heterocycles. The summed E-state index contributed by atoms with van der Waals surface area (Å²) in [5, 5.41) is 0.499. The molecule has 0 saturated heterocycles. The molecular formula is C13H11ClF3N3O. The van der Waals surface area contributed by atoms with Gasteiger partial charge in [-0.25, -0.2) is 4.98 Å². The van der Waals surface area contributed by atoms with Gasteiger partial charge in [-0.05, 0) is 24.1 Å². The van der Waals surface area contributed by atoms with Crippen molar-refractivity contribution in [2.45, 2.75) is 19.5 Å². The van der Waals surface area contributed by atoms with Gasteiger partial charge in [0.2, 0.25) is 5.95 Å². The van der Waals surface area contributed by atoms with Gasteiger partial charge in [0.15, 0.2) is 5.69 Å². The van der Waals surface area contributed by atoms with E-state index in [2.05, 4.69) is 9.97 Å². The first-order chi connectivity index (χ1) is 9.68. The summed E-state index contributed by atoms with van der Waals surface area (Å²) in [5.74, 6) is -0.566. The largest absolute Gasteiger partial charge is 0.433 e. The number of nitrogen functional groups attached to an aromatic ring is 1. The number of hydrogen-bond acceptors (Lipinski definition) is 3. The molecule has 0 saturated carbocycles. The average Bonchev–Trinajstić information content (AvgIpc) is 2.35. The van der Waals surface area contributed by atoms with Crippen molar-refractivity contribution >= 4 is 17.5 Å². The van der Waals surface area contributed by atoms with Crippen LogP contribution in [-0.2, 0) is 12.6 Å². The topological polar surface area (TPSA) is 71.8 Å². The van der Waals surface area contributed by atoms with Crippen molar-refractivity contribution in [2.24, 2.45) is 0 Å². The van der Waals surface area contributed by atoms with Crippen molar-refractivity contribution in [1.29, 1.82) is 0 Å². The number of halogens is 4. The minimum Gasteiger partial charge on any atom is -0.369 e. The third kappa shape index (κ3) is 3.36. The number of H-pyrrole nitrogens is 1. The molecule has 0 atom stereocenters. The molecule has 0 unspecified atom stereocenters. The Hall–Kier alpha value is -2.02. The fourth-order valence-electron chi connectivity index (χ4n) is 1.93. The molecule has 0 aliphatic heterocycles. The maximum absolute atomic E-state index is 13.0. The van der Waals surface area contributed by atoms with E-state index in [9.17, 15) is 18.0 Å². The second-order valence-electron chi connectivity index (χ2n) is 4.54. The summed E-state index contributed by atoms with van der Waals surface area (Å²) < 4.78 is 38.9. The molecule has 0 spiro atoms. The minimum atomic E-state index is -4.75. The van der Waals surface area contributed by atoms with Gasteiger partial charge >= 0.3 is 6.18 Å². The number of nitrogens with two attached hydrogens (primary N) is 1. The second kappa shape index (κ2) is 5.40. The molecule has 0 amide bonds. The summed E-state index contributed by atoms with van der Waals surface area (Å²) in [5.41, 5.74) is 3.77. The van der Waals surface area contributed by atoms with Crippen molar-refractivity contribution in [3.8, 4) is 0 Å². The Balaban J connectivity index is 2.53. The highest BCUT2D eigenvalue weighted by molar-refractivity contribution is 6.31. The van der Waals surface area contributed by atoms with Crippen LogP contribution in [-0.4, -0.2) is 9.97 Å². The predicted octanol–water partition coefficient (Wildman–Crippen LogP) is 2.92. The van der Waals surface area contributed by atoms with E-state index in [1.165, 1.54) is 0 Å². The standard InChI is InChI=1S/C13H11ClF3N3O/c1-6-4-7(2-3-9(6)14)5-8-10(13(15,16)17)19-12(18)20-11(8)21/h2-4H,5H2,1H3,(H3,18,19,20,21). The zero-order chi connectivity index (χ0) is 15.8. The first-order valence-electron chi connectivity index (χ1n) is 5.89. The van der Waals surface area contributed by atoms with Crippen LogP contribution in [0.25, 0.3) is 0 Å². The second-order valence-corrected chi connectivity index (χ2v) is 4.94. The summed E-state index contributed by atoms with van der Waals surface area (Å²) >= 11 is 5.86. The molecule has 0 aliphatic carbocycles.